The van der Waals surface area contributed by atoms with Gasteiger partial charge in [-0.25, -0.2) is 0 Å². The number of nitrogens with two attached hydrogens (primary N) is 1. The highest BCUT2D eigenvalue weighted by Gasteiger charge is 2.38. The van der Waals surface area contributed by atoms with Crippen LogP contribution in [-0.4, -0.2) is 24.0 Å². The van der Waals surface area contributed by atoms with Crippen molar-refractivity contribution in [3.8, 4) is 5.75 Å². The molecule has 18 heavy (non-hydrogen) atoms. The number of aliphatic hydroxyl groups excluding tert-OH is 1. The molecule has 1 aromatic carbocycles. The number of ether oxygens (including phenoxy) is 1. The van der Waals surface area contributed by atoms with Gasteiger partial charge in [0.05, 0.1) is 0 Å². The number of halogens is 3. The van der Waals surface area contributed by atoms with Crippen LogP contribution < -0.4 is 10.5 Å². The molecule has 0 spiro atoms. The number of alkyl halides is 3. The van der Waals surface area contributed by atoms with Crippen molar-refractivity contribution in [1.82, 2.24) is 0 Å². The first kappa shape index (κ1) is 14.8. The first-order chi connectivity index (χ1) is 8.21. The molecule has 0 amide bonds. The number of rotatable bonds is 4. The standard InChI is InChI=1S/C12H16F3NO2/c1-7-5-9(8(2)16)3-4-10(7)18-6-11(17)12(13,14)15/h3-5,8,11,17H,6,16H2,1-2H3/t8-,11?/m1/s1. The number of aliphatic hydroxyl groups is 1. The van der Waals surface area contributed by atoms with Crippen LogP contribution in [0.25, 0.3) is 0 Å². The summed E-state index contributed by atoms with van der Waals surface area (Å²) in [6, 6.07) is 4.84. The third kappa shape index (κ3) is 3.89. The number of benzene rings is 1. The van der Waals surface area contributed by atoms with E-state index in [2.05, 4.69) is 0 Å². The Hall–Kier alpha value is -1.27. The Balaban J connectivity index is 2.69. The van der Waals surface area contributed by atoms with Crippen molar-refractivity contribution in [2.45, 2.75) is 32.2 Å². The lowest BCUT2D eigenvalue weighted by molar-refractivity contribution is -0.210. The van der Waals surface area contributed by atoms with Gasteiger partial charge < -0.3 is 15.6 Å². The number of hydrogen-bond acceptors (Lipinski definition) is 3. The van der Waals surface area contributed by atoms with Gasteiger partial charge in [0.15, 0.2) is 6.10 Å². The zero-order valence-electron chi connectivity index (χ0n) is 10.2. The largest absolute Gasteiger partial charge is 0.490 e. The Bertz CT molecular complexity index is 405. The van der Waals surface area contributed by atoms with Gasteiger partial charge in [-0.2, -0.15) is 13.2 Å². The molecule has 0 saturated carbocycles. The van der Waals surface area contributed by atoms with E-state index in [-0.39, 0.29) is 6.04 Å². The van der Waals surface area contributed by atoms with Crippen LogP contribution >= 0.6 is 0 Å². The summed E-state index contributed by atoms with van der Waals surface area (Å²) in [4.78, 5) is 0. The third-order valence-corrected chi connectivity index (χ3v) is 2.50. The second-order valence-electron chi connectivity index (χ2n) is 4.18. The van der Waals surface area contributed by atoms with Crippen molar-refractivity contribution in [3.05, 3.63) is 29.3 Å². The summed E-state index contributed by atoms with van der Waals surface area (Å²) in [5, 5.41) is 8.81. The average molecular weight is 263 g/mol. The van der Waals surface area contributed by atoms with E-state index in [1.165, 1.54) is 0 Å². The predicted octanol–water partition coefficient (Wildman–Crippen LogP) is 2.32. The molecule has 0 aliphatic carbocycles. The van der Waals surface area contributed by atoms with Crippen molar-refractivity contribution in [2.24, 2.45) is 5.73 Å². The highest BCUT2D eigenvalue weighted by molar-refractivity contribution is 5.37. The van der Waals surface area contributed by atoms with Gasteiger partial charge in [0.2, 0.25) is 0 Å². The van der Waals surface area contributed by atoms with E-state index in [9.17, 15) is 13.2 Å². The van der Waals surface area contributed by atoms with Gasteiger partial charge in [0.1, 0.15) is 12.4 Å². The molecule has 1 rings (SSSR count). The molecule has 0 aliphatic heterocycles. The van der Waals surface area contributed by atoms with E-state index in [1.54, 1.807) is 25.1 Å². The van der Waals surface area contributed by atoms with Crippen molar-refractivity contribution >= 4 is 0 Å². The zero-order valence-corrected chi connectivity index (χ0v) is 10.2. The summed E-state index contributed by atoms with van der Waals surface area (Å²) in [7, 11) is 0. The highest BCUT2D eigenvalue weighted by atomic mass is 19.4. The smallest absolute Gasteiger partial charge is 0.417 e. The molecule has 0 aromatic heterocycles. The quantitative estimate of drug-likeness (QED) is 0.876. The molecule has 3 N–H and O–H groups in total. The Morgan fingerprint density at radius 1 is 1.39 bits per heavy atom. The Labute approximate surface area is 103 Å². The molecule has 6 heteroatoms. The maximum Gasteiger partial charge on any atom is 0.417 e. The lowest BCUT2D eigenvalue weighted by Crippen LogP contribution is -2.34. The van der Waals surface area contributed by atoms with Crippen LogP contribution in [-0.2, 0) is 0 Å². The molecule has 0 heterocycles. The van der Waals surface area contributed by atoms with Crippen LogP contribution in [0.1, 0.15) is 24.1 Å². The Kier molecular flexibility index (Phi) is 4.59. The number of hydrogen-bond donors (Lipinski definition) is 2. The second-order valence-corrected chi connectivity index (χ2v) is 4.18. The summed E-state index contributed by atoms with van der Waals surface area (Å²) in [6.45, 7) is 2.70. The molecule has 0 bridgehead atoms. The molecule has 0 aliphatic rings. The fourth-order valence-corrected chi connectivity index (χ4v) is 1.38. The third-order valence-electron chi connectivity index (χ3n) is 2.50. The highest BCUT2D eigenvalue weighted by Crippen LogP contribution is 2.24. The fourth-order valence-electron chi connectivity index (χ4n) is 1.38. The van der Waals surface area contributed by atoms with E-state index < -0.39 is 18.9 Å². The first-order valence-electron chi connectivity index (χ1n) is 5.45. The van der Waals surface area contributed by atoms with E-state index >= 15 is 0 Å². The van der Waals surface area contributed by atoms with Gasteiger partial charge in [0.25, 0.3) is 0 Å². The van der Waals surface area contributed by atoms with Gasteiger partial charge in [-0.15, -0.1) is 0 Å². The second kappa shape index (κ2) is 5.58. The molecule has 0 saturated heterocycles. The summed E-state index contributed by atoms with van der Waals surface area (Å²) < 4.78 is 41.2. The van der Waals surface area contributed by atoms with E-state index in [1.807, 2.05) is 6.92 Å². The summed E-state index contributed by atoms with van der Waals surface area (Å²) in [6.07, 6.45) is -7.15. The lowest BCUT2D eigenvalue weighted by Gasteiger charge is -2.17. The van der Waals surface area contributed by atoms with Crippen LogP contribution in [0.4, 0.5) is 13.2 Å². The van der Waals surface area contributed by atoms with Gasteiger partial charge in [-0.05, 0) is 31.0 Å². The molecular weight excluding hydrogens is 247 g/mol. The van der Waals surface area contributed by atoms with E-state index in [4.69, 9.17) is 15.6 Å². The molecular formula is C12H16F3NO2. The van der Waals surface area contributed by atoms with Crippen molar-refractivity contribution in [2.75, 3.05) is 6.61 Å². The molecule has 1 unspecified atom stereocenters. The van der Waals surface area contributed by atoms with Crippen LogP contribution in [0, 0.1) is 6.92 Å². The summed E-state index contributed by atoms with van der Waals surface area (Å²) in [5.74, 6) is 0.308. The minimum absolute atomic E-state index is 0.154. The van der Waals surface area contributed by atoms with Crippen molar-refractivity contribution < 1.29 is 23.0 Å². The van der Waals surface area contributed by atoms with E-state index in [0.29, 0.717) is 11.3 Å². The van der Waals surface area contributed by atoms with Gasteiger partial charge in [-0.3, -0.25) is 0 Å². The Morgan fingerprint density at radius 2 is 2.00 bits per heavy atom. The van der Waals surface area contributed by atoms with Crippen molar-refractivity contribution in [3.63, 3.8) is 0 Å². The minimum Gasteiger partial charge on any atom is -0.490 e. The van der Waals surface area contributed by atoms with Crippen LogP contribution in [0.3, 0.4) is 0 Å². The summed E-state index contributed by atoms with van der Waals surface area (Å²) >= 11 is 0. The lowest BCUT2D eigenvalue weighted by atomic mass is 10.1. The molecule has 1 aromatic rings. The van der Waals surface area contributed by atoms with Crippen LogP contribution in [0.5, 0.6) is 5.75 Å². The average Bonchev–Trinajstić information content (AvgIpc) is 2.25. The van der Waals surface area contributed by atoms with Crippen LogP contribution in [0.15, 0.2) is 18.2 Å². The molecule has 0 radical (unpaired) electrons. The monoisotopic (exact) mass is 263 g/mol. The van der Waals surface area contributed by atoms with Gasteiger partial charge >= 0.3 is 6.18 Å². The topological polar surface area (TPSA) is 55.5 Å². The SMILES string of the molecule is Cc1cc([C@@H](C)N)ccc1OCC(O)C(F)(F)F. The van der Waals surface area contributed by atoms with E-state index in [0.717, 1.165) is 5.56 Å². The minimum atomic E-state index is -4.67. The maximum atomic E-state index is 12.1. The molecule has 2 atom stereocenters. The molecule has 0 fully saturated rings. The van der Waals surface area contributed by atoms with Gasteiger partial charge in [0, 0.05) is 6.04 Å². The fraction of sp³-hybridized carbons (Fsp3) is 0.500. The summed E-state index contributed by atoms with van der Waals surface area (Å²) in [5.41, 5.74) is 7.23. The predicted molar refractivity (Wildman–Crippen MR) is 61.3 cm³/mol. The van der Waals surface area contributed by atoms with Crippen molar-refractivity contribution in [1.29, 1.82) is 0 Å². The molecule has 102 valence electrons. The first-order valence-corrected chi connectivity index (χ1v) is 5.45. The molecule has 3 nitrogen and oxygen atoms in total. The van der Waals surface area contributed by atoms with Gasteiger partial charge in [-0.1, -0.05) is 12.1 Å². The van der Waals surface area contributed by atoms with Crippen LogP contribution in [0.2, 0.25) is 0 Å². The normalized spacial score (nSPS) is 15.3. The zero-order chi connectivity index (χ0) is 13.9. The number of aryl methyl sites for hydroxylation is 1. The maximum absolute atomic E-state index is 12.1. The Morgan fingerprint density at radius 3 is 2.44 bits per heavy atom.